The fourth-order valence-electron chi connectivity index (χ4n) is 3.41. The number of hydrogen-bond donors (Lipinski definition) is 1. The minimum atomic E-state index is -3.30. The van der Waals surface area contributed by atoms with Crippen molar-refractivity contribution in [3.05, 3.63) is 99.9 Å². The monoisotopic (exact) mass is 524 g/mol. The van der Waals surface area contributed by atoms with Gasteiger partial charge in [-0.1, -0.05) is 84.5 Å². The first-order chi connectivity index (χ1) is 16.8. The second-order valence-corrected chi connectivity index (χ2v) is 11.4. The van der Waals surface area contributed by atoms with E-state index in [2.05, 4.69) is 10.3 Å². The number of rotatable bonds is 8. The topological polar surface area (TPSA) is 93.2 Å². The van der Waals surface area contributed by atoms with Crippen LogP contribution in [0.15, 0.2) is 83.8 Å². The van der Waals surface area contributed by atoms with E-state index in [9.17, 15) is 18.0 Å². The van der Waals surface area contributed by atoms with Crippen LogP contribution >= 0.6 is 22.9 Å². The first kappa shape index (κ1) is 24.8. The normalized spacial score (nSPS) is 11.3. The molecule has 0 fully saturated rings. The molecule has 178 valence electrons. The molecule has 0 saturated heterocycles. The van der Waals surface area contributed by atoms with Crippen LogP contribution in [0.3, 0.4) is 0 Å². The Balaban J connectivity index is 1.58. The molecule has 9 heteroatoms. The number of nitrogens with zero attached hydrogens (tertiary/aromatic N) is 1. The van der Waals surface area contributed by atoms with Gasteiger partial charge in [0.25, 0.3) is 0 Å². The van der Waals surface area contributed by atoms with Gasteiger partial charge in [-0.05, 0) is 29.8 Å². The summed E-state index contributed by atoms with van der Waals surface area (Å²) >= 11 is 7.17. The second kappa shape index (κ2) is 10.5. The molecule has 4 rings (SSSR count). The highest BCUT2D eigenvalue weighted by molar-refractivity contribution is 7.91. The van der Waals surface area contributed by atoms with Gasteiger partial charge in [-0.2, -0.15) is 0 Å². The summed E-state index contributed by atoms with van der Waals surface area (Å²) in [5.74, 6) is -0.556. The van der Waals surface area contributed by atoms with E-state index in [1.165, 1.54) is 12.1 Å². The highest BCUT2D eigenvalue weighted by atomic mass is 35.5. The predicted molar refractivity (Wildman–Crippen MR) is 139 cm³/mol. The molecule has 1 heterocycles. The summed E-state index contributed by atoms with van der Waals surface area (Å²) in [5, 5.41) is 3.51. The summed E-state index contributed by atoms with van der Waals surface area (Å²) in [4.78, 5) is 31.1. The Morgan fingerprint density at radius 3 is 2.34 bits per heavy atom. The zero-order chi connectivity index (χ0) is 25.0. The number of ketones is 1. The molecule has 0 unspecified atom stereocenters. The predicted octanol–water partition coefficient (Wildman–Crippen LogP) is 5.67. The molecule has 0 spiro atoms. The van der Waals surface area contributed by atoms with Gasteiger partial charge < -0.3 is 5.32 Å². The van der Waals surface area contributed by atoms with Crippen LogP contribution in [0.1, 0.15) is 27.7 Å². The van der Waals surface area contributed by atoms with Crippen molar-refractivity contribution in [3.63, 3.8) is 0 Å². The number of halogens is 1. The fraction of sp³-hybridized carbons (Fsp3) is 0.115. The molecule has 3 aromatic carbocycles. The van der Waals surface area contributed by atoms with E-state index in [-0.39, 0.29) is 28.8 Å². The van der Waals surface area contributed by atoms with Crippen LogP contribution in [0.4, 0.5) is 5.13 Å². The SMILES string of the molecule is CCS(=O)(=O)c1ccc(CC(=O)Nc2nc(-c3ccccc3)c(C(=O)c3cccc(Cl)c3)s2)cc1. The van der Waals surface area contributed by atoms with Crippen molar-refractivity contribution in [1.82, 2.24) is 4.98 Å². The van der Waals surface area contributed by atoms with Gasteiger partial charge in [0, 0.05) is 16.1 Å². The molecule has 0 aliphatic rings. The third kappa shape index (κ3) is 5.85. The zero-order valence-electron chi connectivity index (χ0n) is 18.7. The molecule has 1 aromatic heterocycles. The number of carbonyl (C=O) groups excluding carboxylic acids is 2. The van der Waals surface area contributed by atoms with Gasteiger partial charge in [-0.25, -0.2) is 13.4 Å². The quantitative estimate of drug-likeness (QED) is 0.300. The van der Waals surface area contributed by atoms with Crippen molar-refractivity contribution in [2.45, 2.75) is 18.2 Å². The first-order valence-corrected chi connectivity index (χ1v) is 13.6. The first-order valence-electron chi connectivity index (χ1n) is 10.7. The zero-order valence-corrected chi connectivity index (χ0v) is 21.1. The average molecular weight is 525 g/mol. The number of nitrogens with one attached hydrogen (secondary N) is 1. The van der Waals surface area contributed by atoms with Crippen molar-refractivity contribution < 1.29 is 18.0 Å². The Hall–Kier alpha value is -3.33. The molecule has 0 atom stereocenters. The number of amides is 1. The van der Waals surface area contributed by atoms with Gasteiger partial charge in [-0.15, -0.1) is 0 Å². The summed E-state index contributed by atoms with van der Waals surface area (Å²) in [7, 11) is -3.30. The van der Waals surface area contributed by atoms with Crippen LogP contribution < -0.4 is 5.32 Å². The lowest BCUT2D eigenvalue weighted by atomic mass is 10.1. The maximum atomic E-state index is 13.3. The molecule has 0 radical (unpaired) electrons. The van der Waals surface area contributed by atoms with Gasteiger partial charge >= 0.3 is 0 Å². The number of thiazole rings is 1. The lowest BCUT2D eigenvalue weighted by Gasteiger charge is -2.04. The van der Waals surface area contributed by atoms with Crippen LogP contribution in [0.2, 0.25) is 5.02 Å². The highest BCUT2D eigenvalue weighted by Crippen LogP contribution is 2.33. The maximum absolute atomic E-state index is 13.3. The van der Waals surface area contributed by atoms with Crippen molar-refractivity contribution >= 4 is 49.6 Å². The number of sulfone groups is 1. The molecule has 0 bridgehead atoms. The maximum Gasteiger partial charge on any atom is 0.230 e. The van der Waals surface area contributed by atoms with E-state index >= 15 is 0 Å². The summed E-state index contributed by atoms with van der Waals surface area (Å²) in [5.41, 5.74) is 2.32. The van der Waals surface area contributed by atoms with Crippen LogP contribution in [0.25, 0.3) is 11.3 Å². The van der Waals surface area contributed by atoms with E-state index in [0.29, 0.717) is 31.9 Å². The Morgan fingerprint density at radius 1 is 0.971 bits per heavy atom. The number of hydrogen-bond acceptors (Lipinski definition) is 6. The smallest absolute Gasteiger partial charge is 0.230 e. The standard InChI is InChI=1S/C26H21ClN2O4S2/c1-2-35(32,33)21-13-11-17(12-14-21)15-22(30)28-26-29-23(18-7-4-3-5-8-18)25(34-26)24(31)19-9-6-10-20(27)16-19/h3-14,16H,2,15H2,1H3,(H,28,29,30). The summed E-state index contributed by atoms with van der Waals surface area (Å²) in [6.07, 6.45) is 0.0320. The van der Waals surface area contributed by atoms with Crippen molar-refractivity contribution in [2.75, 3.05) is 11.1 Å². The Kier molecular flexibility index (Phi) is 7.45. The molecule has 1 N–H and O–H groups in total. The van der Waals surface area contributed by atoms with Crippen LogP contribution in [-0.4, -0.2) is 30.8 Å². The summed E-state index contributed by atoms with van der Waals surface area (Å²) < 4.78 is 24.0. The molecule has 6 nitrogen and oxygen atoms in total. The molecular weight excluding hydrogens is 504 g/mol. The summed E-state index contributed by atoms with van der Waals surface area (Å²) in [6, 6.07) is 22.2. The lowest BCUT2D eigenvalue weighted by molar-refractivity contribution is -0.115. The Morgan fingerprint density at radius 2 is 1.69 bits per heavy atom. The number of benzene rings is 3. The third-order valence-corrected chi connectivity index (χ3v) is 8.20. The Bertz CT molecular complexity index is 1480. The highest BCUT2D eigenvalue weighted by Gasteiger charge is 2.22. The number of carbonyl (C=O) groups is 2. The Labute approximate surface area is 212 Å². The van der Waals surface area contributed by atoms with E-state index in [1.54, 1.807) is 43.3 Å². The van der Waals surface area contributed by atoms with Gasteiger partial charge in [0.1, 0.15) is 4.88 Å². The van der Waals surface area contributed by atoms with E-state index in [4.69, 9.17) is 11.6 Å². The van der Waals surface area contributed by atoms with Gasteiger partial charge in [-0.3, -0.25) is 9.59 Å². The number of aromatic nitrogens is 1. The molecule has 1 amide bonds. The van der Waals surface area contributed by atoms with Crippen molar-refractivity contribution in [2.24, 2.45) is 0 Å². The van der Waals surface area contributed by atoms with Crippen LogP contribution in [0, 0.1) is 0 Å². The largest absolute Gasteiger partial charge is 0.302 e. The molecule has 0 saturated carbocycles. The van der Waals surface area contributed by atoms with Crippen molar-refractivity contribution in [3.8, 4) is 11.3 Å². The lowest BCUT2D eigenvalue weighted by Crippen LogP contribution is -2.14. The van der Waals surface area contributed by atoms with Gasteiger partial charge in [0.05, 0.1) is 22.8 Å². The van der Waals surface area contributed by atoms with E-state index in [0.717, 1.165) is 16.9 Å². The van der Waals surface area contributed by atoms with E-state index in [1.807, 2.05) is 30.3 Å². The van der Waals surface area contributed by atoms with Crippen molar-refractivity contribution in [1.29, 1.82) is 0 Å². The van der Waals surface area contributed by atoms with Crippen LogP contribution in [-0.2, 0) is 21.1 Å². The third-order valence-electron chi connectivity index (χ3n) is 5.24. The average Bonchev–Trinajstić information content (AvgIpc) is 3.28. The molecule has 0 aliphatic carbocycles. The second-order valence-electron chi connectivity index (χ2n) is 7.67. The van der Waals surface area contributed by atoms with Gasteiger partial charge in [0.2, 0.25) is 11.7 Å². The fourth-order valence-corrected chi connectivity index (χ4v) is 5.45. The summed E-state index contributed by atoms with van der Waals surface area (Å²) in [6.45, 7) is 1.58. The number of anilines is 1. The molecule has 35 heavy (non-hydrogen) atoms. The minimum absolute atomic E-state index is 0.0108. The van der Waals surface area contributed by atoms with E-state index < -0.39 is 9.84 Å². The minimum Gasteiger partial charge on any atom is -0.302 e. The van der Waals surface area contributed by atoms with Gasteiger partial charge in [0.15, 0.2) is 15.0 Å². The molecule has 4 aromatic rings. The van der Waals surface area contributed by atoms with Crippen LogP contribution in [0.5, 0.6) is 0 Å². The molecular formula is C26H21ClN2O4S2. The molecule has 0 aliphatic heterocycles.